The Morgan fingerprint density at radius 2 is 1.04 bits per heavy atom. The van der Waals surface area contributed by atoms with Crippen LogP contribution >= 0.6 is 46.4 Å². The van der Waals surface area contributed by atoms with Crippen molar-refractivity contribution in [3.63, 3.8) is 0 Å². The molecule has 0 unspecified atom stereocenters. The highest BCUT2D eigenvalue weighted by atomic mass is 35.5. The van der Waals surface area contributed by atoms with E-state index in [4.69, 9.17) is 57.9 Å². The largest absolute Gasteiger partial charge is 0.379 e. The van der Waals surface area contributed by atoms with Crippen LogP contribution in [0.2, 0.25) is 20.1 Å². The minimum Gasteiger partial charge on any atom is -0.379 e. The summed E-state index contributed by atoms with van der Waals surface area (Å²) in [7, 11) is 0. The Bertz CT molecular complexity index is 845. The minimum atomic E-state index is -0.0902. The molecule has 0 amide bonds. The summed E-state index contributed by atoms with van der Waals surface area (Å²) < 4.78 is 0. The maximum Gasteiger partial charge on any atom is 0.190 e. The van der Waals surface area contributed by atoms with Crippen LogP contribution in [-0.2, 0) is 0 Å². The molecule has 4 N–H and O–H groups in total. The summed E-state index contributed by atoms with van der Waals surface area (Å²) in [6.45, 7) is 0. The molecule has 0 aliphatic heterocycles. The summed E-state index contributed by atoms with van der Waals surface area (Å²) in [6.07, 6.45) is 2.89. The molecule has 6 nitrogen and oxygen atoms in total. The molecule has 10 heteroatoms. The van der Waals surface area contributed by atoms with E-state index in [2.05, 4.69) is 20.4 Å². The lowest BCUT2D eigenvalue weighted by Gasteiger charge is -1.97. The first kappa shape index (κ1) is 20.2. The van der Waals surface area contributed by atoms with Gasteiger partial charge in [0.15, 0.2) is 11.7 Å². The van der Waals surface area contributed by atoms with Gasteiger partial charge in [0.1, 0.15) is 0 Å². The molecule has 0 heterocycles. The second kappa shape index (κ2) is 9.54. The van der Waals surface area contributed by atoms with Gasteiger partial charge < -0.3 is 11.5 Å². The topological polar surface area (TPSA) is 101 Å². The summed E-state index contributed by atoms with van der Waals surface area (Å²) in [5.41, 5.74) is 12.8. The normalized spacial score (nSPS) is 13.1. The van der Waals surface area contributed by atoms with E-state index < -0.39 is 0 Å². The number of halogens is 4. The second-order valence-electron chi connectivity index (χ2n) is 4.81. The van der Waals surface area contributed by atoms with Gasteiger partial charge in [-0.05, 0) is 35.4 Å². The van der Waals surface area contributed by atoms with Gasteiger partial charge in [-0.1, -0.05) is 58.5 Å². The molecule has 0 radical (unpaired) electrons. The molecule has 0 saturated carbocycles. The molecule has 0 saturated heterocycles. The zero-order valence-electron chi connectivity index (χ0n) is 13.1. The summed E-state index contributed by atoms with van der Waals surface area (Å²) in [4.78, 5) is 0. The van der Waals surface area contributed by atoms with Crippen molar-refractivity contribution in [2.45, 2.75) is 0 Å². The van der Waals surface area contributed by atoms with Gasteiger partial charge in [-0.25, -0.2) is 0 Å². The highest BCUT2D eigenvalue weighted by Crippen LogP contribution is 2.22. The van der Waals surface area contributed by atoms with Crippen LogP contribution in [0.3, 0.4) is 0 Å². The molecule has 2 aromatic carbocycles. The number of nitrogens with zero attached hydrogens (tertiary/aromatic N) is 4. The molecule has 2 aromatic rings. The molecular formula is C16H12Cl4N6. The Morgan fingerprint density at radius 1 is 0.654 bits per heavy atom. The van der Waals surface area contributed by atoms with E-state index in [1.54, 1.807) is 36.4 Å². The van der Waals surface area contributed by atoms with E-state index in [0.717, 1.165) is 0 Å². The number of hydrogen-bond acceptors (Lipinski definition) is 4. The first-order valence-corrected chi connectivity index (χ1v) is 8.51. The van der Waals surface area contributed by atoms with Crippen LogP contribution < -0.4 is 11.5 Å². The maximum atomic E-state index is 5.91. The van der Waals surface area contributed by atoms with Crippen LogP contribution in [0.1, 0.15) is 11.1 Å². The van der Waals surface area contributed by atoms with E-state index in [1.165, 1.54) is 12.4 Å². The Labute approximate surface area is 169 Å². The standard InChI is InChI=1S/C16H12Cl4N6/c17-11-3-1-9(5-13(11)19)7-23-25-15(21)16(22)26-24-8-10-2-4-12(18)14(20)6-10/h1-8H,(H2,21,25)(H2,22,26)/b23-7+,24-8+. The molecular weight excluding hydrogens is 418 g/mol. The molecule has 134 valence electrons. The lowest BCUT2D eigenvalue weighted by Crippen LogP contribution is -2.30. The van der Waals surface area contributed by atoms with Crippen molar-refractivity contribution < 1.29 is 0 Å². The molecule has 0 fully saturated rings. The van der Waals surface area contributed by atoms with E-state index in [-0.39, 0.29) is 11.7 Å². The van der Waals surface area contributed by atoms with Crippen LogP contribution in [0.15, 0.2) is 56.8 Å². The smallest absolute Gasteiger partial charge is 0.190 e. The van der Waals surface area contributed by atoms with Gasteiger partial charge in [0.25, 0.3) is 0 Å². The van der Waals surface area contributed by atoms with Crippen molar-refractivity contribution in [1.82, 2.24) is 0 Å². The molecule has 26 heavy (non-hydrogen) atoms. The average Bonchev–Trinajstić information content (AvgIpc) is 2.61. The average molecular weight is 430 g/mol. The summed E-state index contributed by atoms with van der Waals surface area (Å²) in [5.74, 6) is -0.180. The highest BCUT2D eigenvalue weighted by Gasteiger charge is 2.00. The second-order valence-corrected chi connectivity index (χ2v) is 6.44. The van der Waals surface area contributed by atoms with Crippen LogP contribution in [0.4, 0.5) is 0 Å². The highest BCUT2D eigenvalue weighted by molar-refractivity contribution is 6.42. The maximum absolute atomic E-state index is 5.91. The number of nitrogens with two attached hydrogens (primary N) is 2. The third-order valence-corrected chi connectivity index (χ3v) is 4.37. The van der Waals surface area contributed by atoms with Gasteiger partial charge >= 0.3 is 0 Å². The van der Waals surface area contributed by atoms with Crippen LogP contribution in [-0.4, -0.2) is 24.1 Å². The molecule has 0 atom stereocenters. The summed E-state index contributed by atoms with van der Waals surface area (Å²) in [6, 6.07) is 10.0. The predicted molar refractivity (Wildman–Crippen MR) is 111 cm³/mol. The van der Waals surface area contributed by atoms with Gasteiger partial charge in [0.2, 0.25) is 0 Å². The van der Waals surface area contributed by atoms with Crippen molar-refractivity contribution in [2.75, 3.05) is 0 Å². The van der Waals surface area contributed by atoms with Crippen molar-refractivity contribution in [3.8, 4) is 0 Å². The Hall–Kier alpha value is -2.12. The molecule has 0 aliphatic carbocycles. The fourth-order valence-corrected chi connectivity index (χ4v) is 2.22. The van der Waals surface area contributed by atoms with Crippen molar-refractivity contribution in [2.24, 2.45) is 31.9 Å². The zero-order chi connectivity index (χ0) is 19.1. The van der Waals surface area contributed by atoms with Gasteiger partial charge in [-0.15, -0.1) is 10.2 Å². The summed E-state index contributed by atoms with van der Waals surface area (Å²) in [5, 5.41) is 16.8. The van der Waals surface area contributed by atoms with Crippen molar-refractivity contribution >= 4 is 70.5 Å². The molecule has 2 rings (SSSR count). The number of rotatable bonds is 4. The van der Waals surface area contributed by atoms with Gasteiger partial charge in [-0.3, -0.25) is 0 Å². The Morgan fingerprint density at radius 3 is 1.38 bits per heavy atom. The Balaban J connectivity index is 2.03. The number of benzene rings is 2. The van der Waals surface area contributed by atoms with Gasteiger partial charge in [0, 0.05) is 0 Å². The van der Waals surface area contributed by atoms with Crippen LogP contribution in [0.25, 0.3) is 0 Å². The Kier molecular flexibility index (Phi) is 7.41. The predicted octanol–water partition coefficient (Wildman–Crippen LogP) is 4.38. The summed E-state index contributed by atoms with van der Waals surface area (Å²) >= 11 is 23.5. The fourth-order valence-electron chi connectivity index (χ4n) is 1.60. The van der Waals surface area contributed by atoms with Crippen LogP contribution in [0, 0.1) is 0 Å². The molecule has 0 aliphatic rings. The quantitative estimate of drug-likeness (QED) is 0.427. The zero-order valence-corrected chi connectivity index (χ0v) is 16.1. The number of hydrogen-bond donors (Lipinski definition) is 2. The van der Waals surface area contributed by atoms with Crippen molar-refractivity contribution in [3.05, 3.63) is 67.6 Å². The lowest BCUT2D eigenvalue weighted by atomic mass is 10.2. The third-order valence-electron chi connectivity index (χ3n) is 2.89. The lowest BCUT2D eigenvalue weighted by molar-refractivity contribution is 1.21. The van der Waals surface area contributed by atoms with E-state index in [1.807, 2.05) is 0 Å². The first-order chi connectivity index (χ1) is 12.4. The van der Waals surface area contributed by atoms with Gasteiger partial charge in [0.05, 0.1) is 32.5 Å². The van der Waals surface area contributed by atoms with E-state index in [9.17, 15) is 0 Å². The minimum absolute atomic E-state index is 0.0902. The van der Waals surface area contributed by atoms with Gasteiger partial charge in [-0.2, -0.15) is 10.2 Å². The molecule has 0 aromatic heterocycles. The third kappa shape index (κ3) is 6.00. The number of amidine groups is 2. The molecule has 0 bridgehead atoms. The first-order valence-electron chi connectivity index (χ1n) is 7.00. The fraction of sp³-hybridized carbons (Fsp3) is 0. The monoisotopic (exact) mass is 428 g/mol. The van der Waals surface area contributed by atoms with Crippen molar-refractivity contribution in [1.29, 1.82) is 0 Å². The van der Waals surface area contributed by atoms with Crippen LogP contribution in [0.5, 0.6) is 0 Å². The van der Waals surface area contributed by atoms with E-state index in [0.29, 0.717) is 31.2 Å². The SMILES string of the molecule is NC(=N\N=C\c1ccc(Cl)c(Cl)c1)/C(N)=N/N=C/c1ccc(Cl)c(Cl)c1. The van der Waals surface area contributed by atoms with E-state index >= 15 is 0 Å². The molecule has 0 spiro atoms.